The second-order valence-corrected chi connectivity index (χ2v) is 8.44. The lowest BCUT2D eigenvalue weighted by Crippen LogP contribution is -2.22. The summed E-state index contributed by atoms with van der Waals surface area (Å²) in [5, 5.41) is 0. The molecule has 0 saturated heterocycles. The van der Waals surface area contributed by atoms with Crippen molar-refractivity contribution in [2.45, 2.75) is 31.3 Å². The molecule has 0 fully saturated rings. The van der Waals surface area contributed by atoms with Crippen LogP contribution in [0.2, 0.25) is 0 Å². The van der Waals surface area contributed by atoms with Crippen LogP contribution in [-0.2, 0) is 14.5 Å². The molecule has 1 aromatic rings. The Labute approximate surface area is 132 Å². The highest BCUT2D eigenvalue weighted by Crippen LogP contribution is 2.31. The number of hydrogen-bond acceptors (Lipinski definition) is 4. The lowest BCUT2D eigenvalue weighted by Gasteiger charge is -2.18. The predicted molar refractivity (Wildman–Crippen MR) is 81.6 cm³/mol. The smallest absolute Gasteiger partial charge is 0.442 e. The number of hydrogen-bond donors (Lipinski definition) is 0. The van der Waals surface area contributed by atoms with Gasteiger partial charge in [0.1, 0.15) is 5.60 Å². The van der Waals surface area contributed by atoms with Crippen LogP contribution in [0, 0.1) is 5.82 Å². The zero-order valence-corrected chi connectivity index (χ0v) is 14.8. The summed E-state index contributed by atoms with van der Waals surface area (Å²) >= 11 is 3.10. The van der Waals surface area contributed by atoms with E-state index >= 15 is 0 Å². The number of carbonyl (C=O) groups is 1. The molecule has 1 unspecified atom stereocenters. The molecule has 0 radical (unpaired) electrons. The quantitative estimate of drug-likeness (QED) is 0.776. The van der Waals surface area contributed by atoms with Crippen molar-refractivity contribution in [1.82, 2.24) is 0 Å². The first kappa shape index (κ1) is 17.9. The van der Waals surface area contributed by atoms with E-state index < -0.39 is 27.2 Å². The molecule has 0 aliphatic heterocycles. The van der Waals surface area contributed by atoms with E-state index in [1.807, 2.05) is 0 Å². The standard InChI is InChI=1S/C13H17BrFNO4S/c1-13(2,3)20-12(17)16-21(5,18)10-7-8(14)6-9(15)11(10)19-4/h6-7H,1-5H3. The summed E-state index contributed by atoms with van der Waals surface area (Å²) in [5.74, 6) is -0.908. The molecule has 118 valence electrons. The van der Waals surface area contributed by atoms with Gasteiger partial charge in [-0.25, -0.2) is 13.4 Å². The zero-order valence-electron chi connectivity index (χ0n) is 12.4. The average Bonchev–Trinajstić information content (AvgIpc) is 2.24. The molecule has 0 N–H and O–H groups in total. The SMILES string of the molecule is COc1c(F)cc(Br)cc1S(C)(=O)=NC(=O)OC(C)(C)C. The Kier molecular flexibility index (Phi) is 5.38. The van der Waals surface area contributed by atoms with Gasteiger partial charge >= 0.3 is 6.09 Å². The Morgan fingerprint density at radius 1 is 1.38 bits per heavy atom. The molecule has 8 heteroatoms. The van der Waals surface area contributed by atoms with Crippen molar-refractivity contribution in [1.29, 1.82) is 0 Å². The fourth-order valence-electron chi connectivity index (χ4n) is 1.49. The number of carbonyl (C=O) groups excluding carboxylic acids is 1. The van der Waals surface area contributed by atoms with Gasteiger partial charge in [0.15, 0.2) is 11.6 Å². The monoisotopic (exact) mass is 381 g/mol. The number of halogens is 2. The molecule has 5 nitrogen and oxygen atoms in total. The minimum absolute atomic E-state index is 0.0114. The number of nitrogens with zero attached hydrogens (tertiary/aromatic N) is 1. The maximum Gasteiger partial charge on any atom is 0.442 e. The first-order valence-corrected chi connectivity index (χ1v) is 8.66. The van der Waals surface area contributed by atoms with E-state index in [1.165, 1.54) is 25.5 Å². The molecule has 0 spiro atoms. The van der Waals surface area contributed by atoms with Crippen LogP contribution in [0.1, 0.15) is 20.8 Å². The van der Waals surface area contributed by atoms with Crippen LogP contribution >= 0.6 is 15.9 Å². The number of methoxy groups -OCH3 is 1. The van der Waals surface area contributed by atoms with Gasteiger partial charge in [0.05, 0.1) is 21.7 Å². The summed E-state index contributed by atoms with van der Waals surface area (Å²) < 4.78 is 40.3. The topological polar surface area (TPSA) is 65.0 Å². The van der Waals surface area contributed by atoms with E-state index in [9.17, 15) is 13.4 Å². The van der Waals surface area contributed by atoms with Gasteiger partial charge < -0.3 is 9.47 Å². The molecule has 0 heterocycles. The van der Waals surface area contributed by atoms with Crippen LogP contribution in [0.3, 0.4) is 0 Å². The molecule has 0 bridgehead atoms. The lowest BCUT2D eigenvalue weighted by molar-refractivity contribution is 0.0607. The molecular formula is C13H17BrFNO4S. The van der Waals surface area contributed by atoms with E-state index in [4.69, 9.17) is 9.47 Å². The van der Waals surface area contributed by atoms with Crippen LogP contribution in [0.5, 0.6) is 5.75 Å². The van der Waals surface area contributed by atoms with Crippen molar-refractivity contribution in [3.8, 4) is 5.75 Å². The van der Waals surface area contributed by atoms with Crippen LogP contribution in [0.25, 0.3) is 0 Å². The van der Waals surface area contributed by atoms with Gasteiger partial charge in [-0.1, -0.05) is 15.9 Å². The van der Waals surface area contributed by atoms with E-state index in [1.54, 1.807) is 20.8 Å². The van der Waals surface area contributed by atoms with Crippen molar-refractivity contribution >= 4 is 31.8 Å². The van der Waals surface area contributed by atoms with Crippen molar-refractivity contribution in [3.63, 3.8) is 0 Å². The van der Waals surface area contributed by atoms with Crippen LogP contribution in [0.4, 0.5) is 9.18 Å². The van der Waals surface area contributed by atoms with E-state index in [2.05, 4.69) is 20.3 Å². The Morgan fingerprint density at radius 2 is 1.95 bits per heavy atom. The lowest BCUT2D eigenvalue weighted by atomic mass is 10.2. The molecule has 0 aromatic heterocycles. The van der Waals surface area contributed by atoms with Gasteiger partial charge in [0.25, 0.3) is 0 Å². The fraction of sp³-hybridized carbons (Fsp3) is 0.462. The normalized spacial score (nSPS) is 14.2. The summed E-state index contributed by atoms with van der Waals surface area (Å²) in [5.41, 5.74) is -0.761. The molecule has 0 aliphatic carbocycles. The number of amides is 1. The second-order valence-electron chi connectivity index (χ2n) is 5.29. The van der Waals surface area contributed by atoms with Crippen molar-refractivity contribution < 1.29 is 22.9 Å². The van der Waals surface area contributed by atoms with Crippen molar-refractivity contribution in [2.75, 3.05) is 13.4 Å². The van der Waals surface area contributed by atoms with Gasteiger partial charge in [-0.3, -0.25) is 0 Å². The molecule has 1 rings (SSSR count). The molecule has 0 aliphatic rings. The van der Waals surface area contributed by atoms with Crippen molar-refractivity contribution in [2.24, 2.45) is 4.36 Å². The summed E-state index contributed by atoms with van der Waals surface area (Å²) in [6.07, 6.45) is 0.248. The highest BCUT2D eigenvalue weighted by molar-refractivity contribution is 9.10. The summed E-state index contributed by atoms with van der Waals surface area (Å²) in [7, 11) is -1.97. The minimum Gasteiger partial charge on any atom is -0.492 e. The Bertz CT molecular complexity index is 675. The zero-order chi connectivity index (χ0) is 16.4. The number of ether oxygens (including phenoxy) is 2. The van der Waals surface area contributed by atoms with Crippen LogP contribution in [0.15, 0.2) is 25.9 Å². The van der Waals surface area contributed by atoms with E-state index in [-0.39, 0.29) is 10.6 Å². The van der Waals surface area contributed by atoms with Gasteiger partial charge in [0.2, 0.25) is 0 Å². The third-order valence-corrected chi connectivity index (χ3v) is 4.30. The Morgan fingerprint density at radius 3 is 2.43 bits per heavy atom. The van der Waals surface area contributed by atoms with Crippen LogP contribution < -0.4 is 4.74 Å². The third-order valence-electron chi connectivity index (χ3n) is 2.23. The van der Waals surface area contributed by atoms with Gasteiger partial charge in [-0.15, -0.1) is 4.36 Å². The average molecular weight is 382 g/mol. The minimum atomic E-state index is -3.21. The molecule has 1 atom stereocenters. The summed E-state index contributed by atoms with van der Waals surface area (Å²) in [6.45, 7) is 4.99. The maximum atomic E-state index is 13.8. The largest absolute Gasteiger partial charge is 0.492 e. The van der Waals surface area contributed by atoms with Gasteiger partial charge in [-0.05, 0) is 32.9 Å². The summed E-state index contributed by atoms with van der Waals surface area (Å²) in [6, 6.07) is 2.57. The first-order valence-electron chi connectivity index (χ1n) is 5.94. The molecule has 0 saturated carbocycles. The highest BCUT2D eigenvalue weighted by atomic mass is 79.9. The predicted octanol–water partition coefficient (Wildman–Crippen LogP) is 3.99. The summed E-state index contributed by atoms with van der Waals surface area (Å²) in [4.78, 5) is 11.7. The fourth-order valence-corrected chi connectivity index (χ4v) is 3.36. The highest BCUT2D eigenvalue weighted by Gasteiger charge is 2.22. The molecular weight excluding hydrogens is 365 g/mol. The van der Waals surface area contributed by atoms with E-state index in [0.717, 1.165) is 0 Å². The van der Waals surface area contributed by atoms with E-state index in [0.29, 0.717) is 4.47 Å². The van der Waals surface area contributed by atoms with Gasteiger partial charge in [0, 0.05) is 10.7 Å². The number of benzene rings is 1. The van der Waals surface area contributed by atoms with Gasteiger partial charge in [-0.2, -0.15) is 0 Å². The van der Waals surface area contributed by atoms with Crippen molar-refractivity contribution in [3.05, 3.63) is 22.4 Å². The molecule has 1 amide bonds. The third kappa shape index (κ3) is 4.96. The van der Waals surface area contributed by atoms with Crippen LogP contribution in [-0.4, -0.2) is 29.3 Å². The maximum absolute atomic E-state index is 13.8. The molecule has 21 heavy (non-hydrogen) atoms. The Hall–Kier alpha value is -1.15. The second kappa shape index (κ2) is 6.31. The molecule has 1 aromatic carbocycles. The Balaban J connectivity index is 3.37. The first-order chi connectivity index (χ1) is 9.46. The number of rotatable bonds is 2.